The number of carbonyl (C=O) groups excluding carboxylic acids is 1. The number of fused-ring (bicyclic) bond motifs is 1. The Morgan fingerprint density at radius 1 is 1.08 bits per heavy atom. The maximum atomic E-state index is 12.4. The van der Waals surface area contributed by atoms with E-state index < -0.39 is 6.10 Å². The molecular formula is C19H21NO6. The molecule has 2 aromatic rings. The van der Waals surface area contributed by atoms with Crippen molar-refractivity contribution >= 4 is 5.91 Å². The number of hydrogen-bond acceptors (Lipinski definition) is 6. The van der Waals surface area contributed by atoms with Crippen LogP contribution in [0, 0.1) is 0 Å². The summed E-state index contributed by atoms with van der Waals surface area (Å²) in [7, 11) is 4.63. The minimum atomic E-state index is -0.702. The van der Waals surface area contributed by atoms with Crippen molar-refractivity contribution in [1.29, 1.82) is 0 Å². The zero-order chi connectivity index (χ0) is 18.5. The van der Waals surface area contributed by atoms with Gasteiger partial charge in [0.1, 0.15) is 6.61 Å². The van der Waals surface area contributed by atoms with E-state index in [0.717, 1.165) is 5.56 Å². The second-order valence-corrected chi connectivity index (χ2v) is 5.62. The third kappa shape index (κ3) is 3.61. The molecule has 2 aromatic carbocycles. The smallest absolute Gasteiger partial charge is 0.264 e. The monoisotopic (exact) mass is 359 g/mol. The molecule has 1 N–H and O–H groups in total. The van der Waals surface area contributed by atoms with E-state index in [-0.39, 0.29) is 19.1 Å². The van der Waals surface area contributed by atoms with Crippen LogP contribution in [-0.2, 0) is 11.3 Å². The summed E-state index contributed by atoms with van der Waals surface area (Å²) in [5, 5.41) is 2.84. The first-order valence-electron chi connectivity index (χ1n) is 8.11. The Bertz CT molecular complexity index is 766. The van der Waals surface area contributed by atoms with Gasteiger partial charge in [-0.3, -0.25) is 4.79 Å². The van der Waals surface area contributed by atoms with Gasteiger partial charge in [-0.2, -0.15) is 0 Å². The van der Waals surface area contributed by atoms with Crippen molar-refractivity contribution in [2.45, 2.75) is 12.6 Å². The zero-order valence-electron chi connectivity index (χ0n) is 14.9. The van der Waals surface area contributed by atoms with Crippen LogP contribution in [0.15, 0.2) is 36.4 Å². The van der Waals surface area contributed by atoms with Gasteiger partial charge in [-0.25, -0.2) is 0 Å². The van der Waals surface area contributed by atoms with Gasteiger partial charge >= 0.3 is 0 Å². The van der Waals surface area contributed by atoms with E-state index in [4.69, 9.17) is 23.7 Å². The number of carbonyl (C=O) groups is 1. The predicted octanol–water partition coefficient (Wildman–Crippen LogP) is 2.17. The van der Waals surface area contributed by atoms with Gasteiger partial charge in [-0.05, 0) is 29.8 Å². The molecule has 1 amide bonds. The zero-order valence-corrected chi connectivity index (χ0v) is 14.9. The van der Waals surface area contributed by atoms with Crippen LogP contribution in [0.2, 0.25) is 0 Å². The Kier molecular flexibility index (Phi) is 5.36. The third-order valence-corrected chi connectivity index (χ3v) is 3.99. The number of ether oxygens (including phenoxy) is 5. The van der Waals surface area contributed by atoms with E-state index >= 15 is 0 Å². The van der Waals surface area contributed by atoms with E-state index in [9.17, 15) is 4.79 Å². The van der Waals surface area contributed by atoms with Crippen molar-refractivity contribution in [1.82, 2.24) is 5.32 Å². The van der Waals surface area contributed by atoms with Crippen molar-refractivity contribution in [3.63, 3.8) is 0 Å². The first kappa shape index (κ1) is 17.7. The molecule has 7 nitrogen and oxygen atoms in total. The highest BCUT2D eigenvalue weighted by Gasteiger charge is 2.27. The minimum absolute atomic E-state index is 0.165. The van der Waals surface area contributed by atoms with Gasteiger partial charge in [0.2, 0.25) is 11.9 Å². The van der Waals surface area contributed by atoms with Crippen LogP contribution in [-0.4, -0.2) is 39.9 Å². The van der Waals surface area contributed by atoms with Crippen LogP contribution in [0.25, 0.3) is 0 Å². The van der Waals surface area contributed by atoms with E-state index in [1.807, 2.05) is 12.1 Å². The van der Waals surface area contributed by atoms with Crippen molar-refractivity contribution in [2.75, 3.05) is 27.9 Å². The number of nitrogens with one attached hydrogen (secondary N) is 1. The molecule has 0 saturated carbocycles. The van der Waals surface area contributed by atoms with Crippen molar-refractivity contribution in [2.24, 2.45) is 0 Å². The van der Waals surface area contributed by atoms with Crippen LogP contribution in [0.3, 0.4) is 0 Å². The largest absolute Gasteiger partial charge is 0.493 e. The summed E-state index contributed by atoms with van der Waals surface area (Å²) in [6.07, 6.45) is -0.702. The minimum Gasteiger partial charge on any atom is -0.493 e. The summed E-state index contributed by atoms with van der Waals surface area (Å²) >= 11 is 0. The van der Waals surface area contributed by atoms with Crippen molar-refractivity contribution in [3.05, 3.63) is 42.0 Å². The fraction of sp³-hybridized carbons (Fsp3) is 0.316. The highest BCUT2D eigenvalue weighted by atomic mass is 16.6. The van der Waals surface area contributed by atoms with Crippen LogP contribution < -0.4 is 29.0 Å². The molecule has 1 heterocycles. The lowest BCUT2D eigenvalue weighted by Crippen LogP contribution is -2.43. The van der Waals surface area contributed by atoms with Gasteiger partial charge in [0, 0.05) is 6.54 Å². The van der Waals surface area contributed by atoms with Gasteiger partial charge in [-0.15, -0.1) is 0 Å². The second-order valence-electron chi connectivity index (χ2n) is 5.62. The lowest BCUT2D eigenvalue weighted by molar-refractivity contribution is -0.130. The summed E-state index contributed by atoms with van der Waals surface area (Å²) in [4.78, 5) is 12.4. The number of amides is 1. The quantitative estimate of drug-likeness (QED) is 0.852. The summed E-state index contributed by atoms with van der Waals surface area (Å²) in [5.74, 6) is 2.51. The van der Waals surface area contributed by atoms with E-state index in [1.54, 1.807) is 45.6 Å². The van der Waals surface area contributed by atoms with Gasteiger partial charge in [0.25, 0.3) is 5.91 Å². The molecule has 0 radical (unpaired) electrons. The first-order chi connectivity index (χ1) is 12.7. The molecule has 0 aliphatic carbocycles. The van der Waals surface area contributed by atoms with Crippen LogP contribution in [0.1, 0.15) is 5.56 Å². The Hall–Kier alpha value is -3.09. The Morgan fingerprint density at radius 3 is 2.35 bits per heavy atom. The molecule has 1 atom stereocenters. The average molecular weight is 359 g/mol. The van der Waals surface area contributed by atoms with E-state index in [1.165, 1.54) is 0 Å². The number of benzene rings is 2. The number of rotatable bonds is 6. The lowest BCUT2D eigenvalue weighted by Gasteiger charge is -2.25. The van der Waals surface area contributed by atoms with Gasteiger partial charge < -0.3 is 29.0 Å². The maximum absolute atomic E-state index is 12.4. The van der Waals surface area contributed by atoms with Crippen molar-refractivity contribution in [3.8, 4) is 28.7 Å². The summed E-state index contributed by atoms with van der Waals surface area (Å²) < 4.78 is 27.2. The average Bonchev–Trinajstić information content (AvgIpc) is 2.70. The van der Waals surface area contributed by atoms with Crippen LogP contribution in [0.4, 0.5) is 0 Å². The molecule has 7 heteroatoms. The van der Waals surface area contributed by atoms with Gasteiger partial charge in [0.05, 0.1) is 21.3 Å². The summed E-state index contributed by atoms with van der Waals surface area (Å²) in [5.41, 5.74) is 0.810. The van der Waals surface area contributed by atoms with Gasteiger partial charge in [-0.1, -0.05) is 12.1 Å². The molecule has 0 spiro atoms. The molecule has 3 rings (SSSR count). The molecule has 0 fully saturated rings. The topological polar surface area (TPSA) is 75.3 Å². The second kappa shape index (κ2) is 7.86. The fourth-order valence-electron chi connectivity index (χ4n) is 2.69. The number of para-hydroxylation sites is 2. The lowest BCUT2D eigenvalue weighted by atomic mass is 10.1. The normalized spacial score (nSPS) is 15.1. The summed E-state index contributed by atoms with van der Waals surface area (Å²) in [6, 6.07) is 10.8. The Morgan fingerprint density at radius 2 is 1.73 bits per heavy atom. The summed E-state index contributed by atoms with van der Waals surface area (Å²) in [6.45, 7) is 0.454. The Labute approximate surface area is 151 Å². The first-order valence-corrected chi connectivity index (χ1v) is 8.11. The SMILES string of the molecule is COc1cc(CNC(=O)[C@@H]2COc3ccccc3O2)cc(OC)c1OC. The molecule has 138 valence electrons. The molecule has 0 aromatic heterocycles. The van der Waals surface area contributed by atoms with Crippen LogP contribution >= 0.6 is 0 Å². The van der Waals surface area contributed by atoms with Crippen molar-refractivity contribution < 1.29 is 28.5 Å². The number of methoxy groups -OCH3 is 3. The molecular weight excluding hydrogens is 338 g/mol. The fourth-order valence-corrected chi connectivity index (χ4v) is 2.69. The van der Waals surface area contributed by atoms with Crippen LogP contribution in [0.5, 0.6) is 28.7 Å². The molecule has 0 bridgehead atoms. The highest BCUT2D eigenvalue weighted by Crippen LogP contribution is 2.38. The molecule has 0 saturated heterocycles. The van der Waals surface area contributed by atoms with Gasteiger partial charge in [0.15, 0.2) is 23.0 Å². The standard InChI is InChI=1S/C19H21NO6/c1-22-15-8-12(9-16(23-2)18(15)24-3)10-20-19(21)17-11-25-13-6-4-5-7-14(13)26-17/h4-9,17H,10-11H2,1-3H3,(H,20,21)/t17-/m0/s1. The van der Waals surface area contributed by atoms with E-state index in [2.05, 4.69) is 5.32 Å². The molecule has 26 heavy (non-hydrogen) atoms. The molecule has 1 aliphatic rings. The van der Waals surface area contributed by atoms with E-state index in [0.29, 0.717) is 28.7 Å². The molecule has 1 aliphatic heterocycles. The Balaban J connectivity index is 1.66. The third-order valence-electron chi connectivity index (χ3n) is 3.99. The predicted molar refractivity (Wildman–Crippen MR) is 94.3 cm³/mol. The highest BCUT2D eigenvalue weighted by molar-refractivity contribution is 5.81. The molecule has 0 unspecified atom stereocenters. The maximum Gasteiger partial charge on any atom is 0.264 e. The number of hydrogen-bond donors (Lipinski definition) is 1.